The summed E-state index contributed by atoms with van der Waals surface area (Å²) in [6.45, 7) is 1.18. The molecule has 2 N–H and O–H groups in total. The molecule has 0 saturated carbocycles. The lowest BCUT2D eigenvalue weighted by Gasteiger charge is -2.37. The Bertz CT molecular complexity index is 380. The van der Waals surface area contributed by atoms with E-state index in [0.29, 0.717) is 11.8 Å². The molecule has 3 rings (SSSR count). The first-order chi connectivity index (χ1) is 7.33. The van der Waals surface area contributed by atoms with Gasteiger partial charge in [0.2, 0.25) is 0 Å². The first kappa shape index (κ1) is 11.9. The summed E-state index contributed by atoms with van der Waals surface area (Å²) in [6, 6.07) is 6.51. The predicted octanol–water partition coefficient (Wildman–Crippen LogP) is 2.44. The van der Waals surface area contributed by atoms with E-state index >= 15 is 0 Å². The highest BCUT2D eigenvalue weighted by Gasteiger charge is 2.30. The summed E-state index contributed by atoms with van der Waals surface area (Å²) in [5.74, 6) is 1.20. The number of rotatable bonds is 0. The third-order valence-electron chi connectivity index (χ3n) is 3.84. The maximum Gasteiger partial charge on any atom is 0.115 e. The van der Waals surface area contributed by atoms with Crippen LogP contribution in [0, 0.1) is 5.92 Å². The summed E-state index contributed by atoms with van der Waals surface area (Å²) in [5.41, 5.74) is 2.78. The van der Waals surface area contributed by atoms with Gasteiger partial charge >= 0.3 is 0 Å². The molecule has 2 aliphatic rings. The standard InChI is InChI=1S/C13H17NO.BrH/c15-12-4-3-9-8-13-10(2-1-5-14-13)6-11(9)7-12;/h3-4,7,10,13-15H,1-2,5-6,8H2;1H. The zero-order valence-corrected chi connectivity index (χ0v) is 11.0. The van der Waals surface area contributed by atoms with Crippen LogP contribution in [-0.2, 0) is 12.8 Å². The maximum atomic E-state index is 9.47. The minimum atomic E-state index is 0. The van der Waals surface area contributed by atoms with Gasteiger partial charge in [0, 0.05) is 6.04 Å². The molecule has 1 saturated heterocycles. The Morgan fingerprint density at radius 3 is 2.94 bits per heavy atom. The van der Waals surface area contributed by atoms with E-state index in [1.54, 1.807) is 0 Å². The van der Waals surface area contributed by atoms with E-state index in [1.807, 2.05) is 12.1 Å². The molecule has 0 radical (unpaired) electrons. The molecule has 1 aliphatic carbocycles. The Morgan fingerprint density at radius 2 is 2.06 bits per heavy atom. The van der Waals surface area contributed by atoms with Crippen LogP contribution in [-0.4, -0.2) is 17.7 Å². The molecule has 1 fully saturated rings. The molecule has 1 aliphatic heterocycles. The van der Waals surface area contributed by atoms with Gasteiger partial charge in [-0.25, -0.2) is 0 Å². The third kappa shape index (κ3) is 2.11. The van der Waals surface area contributed by atoms with Crippen molar-refractivity contribution in [2.45, 2.75) is 31.7 Å². The van der Waals surface area contributed by atoms with Crippen LogP contribution in [0.3, 0.4) is 0 Å². The second-order valence-corrected chi connectivity index (χ2v) is 4.82. The Labute approximate surface area is 107 Å². The highest BCUT2D eigenvalue weighted by atomic mass is 79.9. The van der Waals surface area contributed by atoms with Gasteiger partial charge in [-0.15, -0.1) is 17.0 Å². The molecule has 0 amide bonds. The first-order valence-corrected chi connectivity index (χ1v) is 5.87. The van der Waals surface area contributed by atoms with Gasteiger partial charge in [-0.05, 0) is 61.4 Å². The van der Waals surface area contributed by atoms with Crippen molar-refractivity contribution in [1.29, 1.82) is 0 Å². The van der Waals surface area contributed by atoms with E-state index in [2.05, 4.69) is 11.4 Å². The van der Waals surface area contributed by atoms with E-state index < -0.39 is 0 Å². The van der Waals surface area contributed by atoms with E-state index in [1.165, 1.54) is 30.5 Å². The van der Waals surface area contributed by atoms with Crippen molar-refractivity contribution in [3.05, 3.63) is 29.3 Å². The number of phenols is 1. The molecular formula is C13H18BrNO. The molecule has 16 heavy (non-hydrogen) atoms. The molecule has 1 heterocycles. The minimum Gasteiger partial charge on any atom is -0.508 e. The number of hydrogen-bond acceptors (Lipinski definition) is 2. The summed E-state index contributed by atoms with van der Waals surface area (Å²) >= 11 is 0. The molecular weight excluding hydrogens is 266 g/mol. The molecule has 0 aromatic heterocycles. The second-order valence-electron chi connectivity index (χ2n) is 4.82. The molecule has 1 aromatic rings. The van der Waals surface area contributed by atoms with Gasteiger partial charge in [0.05, 0.1) is 0 Å². The Balaban J connectivity index is 0.000000963. The minimum absolute atomic E-state index is 0. The average Bonchev–Trinajstić information content (AvgIpc) is 2.26. The summed E-state index contributed by atoms with van der Waals surface area (Å²) in [6.07, 6.45) is 4.92. The number of aromatic hydroxyl groups is 1. The number of benzene rings is 1. The fourth-order valence-electron chi connectivity index (χ4n) is 3.02. The van der Waals surface area contributed by atoms with E-state index in [4.69, 9.17) is 0 Å². The first-order valence-electron chi connectivity index (χ1n) is 5.87. The zero-order valence-electron chi connectivity index (χ0n) is 9.28. The third-order valence-corrected chi connectivity index (χ3v) is 3.84. The lowest BCUT2D eigenvalue weighted by molar-refractivity contribution is 0.263. The van der Waals surface area contributed by atoms with Gasteiger partial charge < -0.3 is 10.4 Å². The van der Waals surface area contributed by atoms with Crippen molar-refractivity contribution < 1.29 is 5.11 Å². The normalized spacial score (nSPS) is 27.5. The topological polar surface area (TPSA) is 32.3 Å². The summed E-state index contributed by atoms with van der Waals surface area (Å²) in [4.78, 5) is 0. The number of piperidine rings is 1. The van der Waals surface area contributed by atoms with Crippen molar-refractivity contribution in [3.63, 3.8) is 0 Å². The van der Waals surface area contributed by atoms with Crippen LogP contribution in [0.25, 0.3) is 0 Å². The molecule has 3 heteroatoms. The van der Waals surface area contributed by atoms with Gasteiger partial charge in [-0.2, -0.15) is 0 Å². The van der Waals surface area contributed by atoms with Crippen molar-refractivity contribution in [2.24, 2.45) is 5.92 Å². The number of nitrogens with one attached hydrogen (secondary N) is 1. The molecule has 1 aromatic carbocycles. The summed E-state index contributed by atoms with van der Waals surface area (Å²) in [5, 5.41) is 13.1. The van der Waals surface area contributed by atoms with Crippen molar-refractivity contribution >= 4 is 17.0 Å². The molecule has 0 spiro atoms. The molecule has 0 bridgehead atoms. The monoisotopic (exact) mass is 283 g/mol. The lowest BCUT2D eigenvalue weighted by Crippen LogP contribution is -2.45. The number of halogens is 1. The van der Waals surface area contributed by atoms with E-state index in [9.17, 15) is 5.11 Å². The molecule has 2 unspecified atom stereocenters. The SMILES string of the molecule is Br.Oc1ccc2c(c1)CC1CCCNC1C2. The highest BCUT2D eigenvalue weighted by Crippen LogP contribution is 2.32. The largest absolute Gasteiger partial charge is 0.508 e. The molecule has 88 valence electrons. The van der Waals surface area contributed by atoms with Crippen LogP contribution in [0.2, 0.25) is 0 Å². The van der Waals surface area contributed by atoms with Crippen LogP contribution in [0.15, 0.2) is 18.2 Å². The Morgan fingerprint density at radius 1 is 1.19 bits per heavy atom. The van der Waals surface area contributed by atoms with Gasteiger partial charge in [0.15, 0.2) is 0 Å². The quantitative estimate of drug-likeness (QED) is 0.767. The fraction of sp³-hybridized carbons (Fsp3) is 0.538. The van der Waals surface area contributed by atoms with Gasteiger partial charge in [-0.1, -0.05) is 6.07 Å². The van der Waals surface area contributed by atoms with Crippen LogP contribution in [0.1, 0.15) is 24.0 Å². The van der Waals surface area contributed by atoms with Gasteiger partial charge in [-0.3, -0.25) is 0 Å². The summed E-state index contributed by atoms with van der Waals surface area (Å²) in [7, 11) is 0. The van der Waals surface area contributed by atoms with E-state index in [0.717, 1.165) is 18.8 Å². The molecule has 2 atom stereocenters. The Kier molecular flexibility index (Phi) is 3.55. The smallest absolute Gasteiger partial charge is 0.115 e. The van der Waals surface area contributed by atoms with Crippen LogP contribution in [0.4, 0.5) is 0 Å². The van der Waals surface area contributed by atoms with Crippen molar-refractivity contribution in [2.75, 3.05) is 6.54 Å². The lowest BCUT2D eigenvalue weighted by atomic mass is 9.76. The Hall–Kier alpha value is -0.540. The number of hydrogen-bond donors (Lipinski definition) is 2. The number of phenolic OH excluding ortho intramolecular Hbond substituents is 1. The van der Waals surface area contributed by atoms with Gasteiger partial charge in [0.1, 0.15) is 5.75 Å². The van der Waals surface area contributed by atoms with Crippen LogP contribution < -0.4 is 5.32 Å². The van der Waals surface area contributed by atoms with Gasteiger partial charge in [0.25, 0.3) is 0 Å². The van der Waals surface area contributed by atoms with Crippen LogP contribution in [0.5, 0.6) is 5.75 Å². The van der Waals surface area contributed by atoms with Crippen LogP contribution >= 0.6 is 17.0 Å². The maximum absolute atomic E-state index is 9.47. The zero-order chi connectivity index (χ0) is 10.3. The van der Waals surface area contributed by atoms with E-state index in [-0.39, 0.29) is 17.0 Å². The molecule has 2 nitrogen and oxygen atoms in total. The predicted molar refractivity (Wildman–Crippen MR) is 70.4 cm³/mol. The van der Waals surface area contributed by atoms with Crippen molar-refractivity contribution in [3.8, 4) is 5.75 Å². The van der Waals surface area contributed by atoms with Crippen molar-refractivity contribution in [1.82, 2.24) is 5.32 Å². The summed E-state index contributed by atoms with van der Waals surface area (Å²) < 4.78 is 0. The number of fused-ring (bicyclic) bond motifs is 2. The average molecular weight is 284 g/mol. The fourth-order valence-corrected chi connectivity index (χ4v) is 3.02. The highest BCUT2D eigenvalue weighted by molar-refractivity contribution is 8.93. The second kappa shape index (κ2) is 4.76.